The van der Waals surface area contributed by atoms with E-state index in [2.05, 4.69) is 27.6 Å². The smallest absolute Gasteiger partial charge is 0.244 e. The van der Waals surface area contributed by atoms with Gasteiger partial charge in [-0.25, -0.2) is 0 Å². The molecule has 6 heteroatoms. The van der Waals surface area contributed by atoms with Crippen LogP contribution in [0.15, 0.2) is 54.3 Å². The van der Waals surface area contributed by atoms with E-state index in [1.54, 1.807) is 34.6 Å². The van der Waals surface area contributed by atoms with Crippen LogP contribution in [0.3, 0.4) is 0 Å². The zero-order chi connectivity index (χ0) is 16.4. The van der Waals surface area contributed by atoms with E-state index >= 15 is 0 Å². The highest BCUT2D eigenvalue weighted by atomic mass is 32.1. The molecule has 24 heavy (non-hydrogen) atoms. The summed E-state index contributed by atoms with van der Waals surface area (Å²) >= 11 is 1.73. The molecule has 0 spiro atoms. The molecule has 0 unspecified atom stereocenters. The highest BCUT2D eigenvalue weighted by molar-refractivity contribution is 7.10. The first kappa shape index (κ1) is 15.1. The first-order valence-corrected chi connectivity index (χ1v) is 8.96. The summed E-state index contributed by atoms with van der Waals surface area (Å²) in [6, 6.07) is 10.2. The Bertz CT molecular complexity index is 813. The van der Waals surface area contributed by atoms with E-state index in [9.17, 15) is 4.79 Å². The maximum atomic E-state index is 12.9. The predicted molar refractivity (Wildman–Crippen MR) is 93.5 cm³/mol. The van der Waals surface area contributed by atoms with Crippen LogP contribution in [0.25, 0.3) is 11.3 Å². The quantitative estimate of drug-likeness (QED) is 0.733. The minimum Gasteiger partial charge on any atom is -0.333 e. The van der Waals surface area contributed by atoms with Gasteiger partial charge in [-0.2, -0.15) is 5.10 Å². The number of aromatic nitrogens is 3. The average molecular weight is 338 g/mol. The van der Waals surface area contributed by atoms with E-state index in [1.165, 1.54) is 4.88 Å². The molecule has 1 atom stereocenters. The minimum absolute atomic E-state index is 0.130. The average Bonchev–Trinajstić information content (AvgIpc) is 3.36. The van der Waals surface area contributed by atoms with Crippen LogP contribution in [0.4, 0.5) is 0 Å². The zero-order valence-electron chi connectivity index (χ0n) is 13.2. The molecule has 3 aromatic rings. The Balaban J connectivity index is 1.54. The van der Waals surface area contributed by atoms with Crippen LogP contribution >= 0.6 is 11.3 Å². The second-order valence-electron chi connectivity index (χ2n) is 5.87. The lowest BCUT2D eigenvalue weighted by atomic mass is 10.2. The molecule has 4 rings (SSSR count). The number of likely N-dealkylation sites (tertiary alicyclic amines) is 1. The van der Waals surface area contributed by atoms with Gasteiger partial charge in [-0.3, -0.25) is 14.5 Å². The zero-order valence-corrected chi connectivity index (χ0v) is 14.0. The van der Waals surface area contributed by atoms with Crippen LogP contribution < -0.4 is 0 Å². The number of thiophene rings is 1. The van der Waals surface area contributed by atoms with Crippen molar-refractivity contribution in [3.8, 4) is 11.3 Å². The molecule has 4 heterocycles. The molecule has 1 fully saturated rings. The summed E-state index contributed by atoms with van der Waals surface area (Å²) in [6.45, 7) is 1.10. The summed E-state index contributed by atoms with van der Waals surface area (Å²) in [6.07, 6.45) is 7.35. The van der Waals surface area contributed by atoms with Crippen molar-refractivity contribution in [3.05, 3.63) is 59.2 Å². The SMILES string of the molecule is O=C(Cn1nccc1-c1ccncc1)N1CCC[C@H]1c1cccs1. The van der Waals surface area contributed by atoms with Crippen molar-refractivity contribution >= 4 is 17.2 Å². The summed E-state index contributed by atoms with van der Waals surface area (Å²) in [5.74, 6) is 0.130. The highest BCUT2D eigenvalue weighted by Gasteiger charge is 2.30. The summed E-state index contributed by atoms with van der Waals surface area (Å²) in [7, 11) is 0. The van der Waals surface area contributed by atoms with Crippen LogP contribution in [0.5, 0.6) is 0 Å². The van der Waals surface area contributed by atoms with Crippen molar-refractivity contribution in [2.24, 2.45) is 0 Å². The lowest BCUT2D eigenvalue weighted by molar-refractivity contribution is -0.132. The maximum absolute atomic E-state index is 12.9. The molecule has 0 aromatic carbocycles. The van der Waals surface area contributed by atoms with Gasteiger partial charge in [0.05, 0.1) is 11.7 Å². The number of nitrogens with zero attached hydrogens (tertiary/aromatic N) is 4. The molecule has 0 aliphatic carbocycles. The van der Waals surface area contributed by atoms with Gasteiger partial charge in [0.1, 0.15) is 6.54 Å². The second kappa shape index (κ2) is 6.57. The van der Waals surface area contributed by atoms with Crippen molar-refractivity contribution in [2.75, 3.05) is 6.54 Å². The van der Waals surface area contributed by atoms with Gasteiger partial charge in [-0.1, -0.05) is 6.07 Å². The Morgan fingerprint density at radius 1 is 1.21 bits per heavy atom. The lowest BCUT2D eigenvalue weighted by Crippen LogP contribution is -2.33. The van der Waals surface area contributed by atoms with Gasteiger partial charge < -0.3 is 4.90 Å². The second-order valence-corrected chi connectivity index (χ2v) is 6.85. The Morgan fingerprint density at radius 2 is 2.08 bits per heavy atom. The normalized spacial score (nSPS) is 17.3. The van der Waals surface area contributed by atoms with Crippen LogP contribution in [0.2, 0.25) is 0 Å². The first-order chi connectivity index (χ1) is 11.8. The highest BCUT2D eigenvalue weighted by Crippen LogP contribution is 2.34. The van der Waals surface area contributed by atoms with Gasteiger partial charge in [-0.05, 0) is 42.5 Å². The summed E-state index contributed by atoms with van der Waals surface area (Å²) in [4.78, 5) is 20.2. The van der Waals surface area contributed by atoms with Crippen LogP contribution in [-0.2, 0) is 11.3 Å². The van der Waals surface area contributed by atoms with E-state index in [1.807, 2.05) is 23.1 Å². The Kier molecular flexibility index (Phi) is 4.13. The van der Waals surface area contributed by atoms with Crippen molar-refractivity contribution < 1.29 is 4.79 Å². The van der Waals surface area contributed by atoms with E-state index in [-0.39, 0.29) is 18.5 Å². The van der Waals surface area contributed by atoms with Crippen molar-refractivity contribution in [1.82, 2.24) is 19.7 Å². The van der Waals surface area contributed by atoms with Crippen LogP contribution in [0, 0.1) is 0 Å². The van der Waals surface area contributed by atoms with E-state index in [0.717, 1.165) is 30.6 Å². The predicted octanol–water partition coefficient (Wildman–Crippen LogP) is 3.37. The molecular weight excluding hydrogens is 320 g/mol. The number of carbonyl (C=O) groups excluding carboxylic acids is 1. The fourth-order valence-corrected chi connectivity index (χ4v) is 4.16. The third-order valence-corrected chi connectivity index (χ3v) is 5.40. The van der Waals surface area contributed by atoms with Gasteiger partial charge in [0, 0.05) is 35.6 Å². The number of amides is 1. The fraction of sp³-hybridized carbons (Fsp3) is 0.278. The fourth-order valence-electron chi connectivity index (χ4n) is 3.29. The summed E-state index contributed by atoms with van der Waals surface area (Å²) in [5, 5.41) is 6.42. The molecule has 1 aliphatic heterocycles. The van der Waals surface area contributed by atoms with Crippen molar-refractivity contribution in [3.63, 3.8) is 0 Å². The molecular formula is C18H18N4OS. The van der Waals surface area contributed by atoms with Gasteiger partial charge in [0.2, 0.25) is 5.91 Å². The molecule has 5 nitrogen and oxygen atoms in total. The Hall–Kier alpha value is -2.47. The number of hydrogen-bond acceptors (Lipinski definition) is 4. The number of rotatable bonds is 4. The van der Waals surface area contributed by atoms with E-state index in [0.29, 0.717) is 0 Å². The molecule has 1 amide bonds. The molecule has 1 saturated heterocycles. The standard InChI is InChI=1S/C18H18N4OS/c23-18(21-11-1-3-16(21)17-4-2-12-24-17)13-22-15(7-10-20-22)14-5-8-19-9-6-14/h2,4-10,12,16H,1,3,11,13H2/t16-/m0/s1. The molecule has 0 N–H and O–H groups in total. The van der Waals surface area contributed by atoms with Gasteiger partial charge >= 0.3 is 0 Å². The van der Waals surface area contributed by atoms with Crippen LogP contribution in [-0.4, -0.2) is 32.1 Å². The third-order valence-electron chi connectivity index (χ3n) is 4.42. The minimum atomic E-state index is 0.130. The van der Waals surface area contributed by atoms with Gasteiger partial charge in [0.15, 0.2) is 0 Å². The first-order valence-electron chi connectivity index (χ1n) is 8.08. The largest absolute Gasteiger partial charge is 0.333 e. The van der Waals surface area contributed by atoms with Crippen molar-refractivity contribution in [1.29, 1.82) is 0 Å². The number of carbonyl (C=O) groups is 1. The lowest BCUT2D eigenvalue weighted by Gasteiger charge is -2.24. The number of hydrogen-bond donors (Lipinski definition) is 0. The molecule has 3 aromatic heterocycles. The topological polar surface area (TPSA) is 51.0 Å². The summed E-state index contributed by atoms with van der Waals surface area (Å²) < 4.78 is 1.78. The molecule has 122 valence electrons. The van der Waals surface area contributed by atoms with Gasteiger partial charge in [0.25, 0.3) is 0 Å². The van der Waals surface area contributed by atoms with E-state index < -0.39 is 0 Å². The van der Waals surface area contributed by atoms with Gasteiger partial charge in [-0.15, -0.1) is 11.3 Å². The van der Waals surface area contributed by atoms with Crippen molar-refractivity contribution in [2.45, 2.75) is 25.4 Å². The third kappa shape index (κ3) is 2.85. The Labute approximate surface area is 144 Å². The molecule has 0 saturated carbocycles. The maximum Gasteiger partial charge on any atom is 0.244 e. The monoisotopic (exact) mass is 338 g/mol. The Morgan fingerprint density at radius 3 is 2.88 bits per heavy atom. The number of pyridine rings is 1. The molecule has 1 aliphatic rings. The van der Waals surface area contributed by atoms with E-state index in [4.69, 9.17) is 0 Å². The van der Waals surface area contributed by atoms with Crippen LogP contribution in [0.1, 0.15) is 23.8 Å². The molecule has 0 bridgehead atoms. The summed E-state index contributed by atoms with van der Waals surface area (Å²) in [5.41, 5.74) is 1.96. The molecule has 0 radical (unpaired) electrons.